The van der Waals surface area contributed by atoms with Gasteiger partial charge in [0.1, 0.15) is 18.1 Å². The molecule has 0 fully saturated rings. The van der Waals surface area contributed by atoms with E-state index in [-0.39, 0.29) is 12.4 Å². The maximum atomic E-state index is 12.1. The highest BCUT2D eigenvalue weighted by molar-refractivity contribution is 5.95. The van der Waals surface area contributed by atoms with Crippen LogP contribution in [0.3, 0.4) is 0 Å². The quantitative estimate of drug-likeness (QED) is 0.568. The summed E-state index contributed by atoms with van der Waals surface area (Å²) in [6.45, 7) is -0.340. The third-order valence-corrected chi connectivity index (χ3v) is 3.91. The largest absolute Gasteiger partial charge is 0.486 e. The number of hydrogen-bond acceptors (Lipinski definition) is 7. The molecule has 0 aliphatic heterocycles. The third kappa shape index (κ3) is 5.71. The fraction of sp³-hybridized carbons (Fsp3) is 0.136. The lowest BCUT2D eigenvalue weighted by Gasteiger charge is -2.06. The molecule has 1 N–H and O–H groups in total. The van der Waals surface area contributed by atoms with E-state index in [1.54, 1.807) is 18.2 Å². The molecule has 0 unspecified atom stereocenters. The number of nitrogens with one attached hydrogen (secondary N) is 1. The van der Waals surface area contributed by atoms with Crippen LogP contribution >= 0.6 is 0 Å². The van der Waals surface area contributed by atoms with Gasteiger partial charge in [-0.3, -0.25) is 4.79 Å². The molecule has 0 aliphatic carbocycles. The number of furan rings is 1. The van der Waals surface area contributed by atoms with Crippen molar-refractivity contribution >= 4 is 23.5 Å². The van der Waals surface area contributed by atoms with Crippen LogP contribution in [0.1, 0.15) is 26.7 Å². The second-order valence-corrected chi connectivity index (χ2v) is 6.06. The van der Waals surface area contributed by atoms with E-state index in [1.165, 1.54) is 37.4 Å². The molecule has 0 saturated heterocycles. The lowest BCUT2D eigenvalue weighted by Crippen LogP contribution is -2.20. The van der Waals surface area contributed by atoms with Crippen LogP contribution in [0.5, 0.6) is 5.75 Å². The Morgan fingerprint density at radius 3 is 2.33 bits per heavy atom. The second kappa shape index (κ2) is 9.92. The zero-order chi connectivity index (χ0) is 21.3. The first-order valence-electron chi connectivity index (χ1n) is 8.97. The summed E-state index contributed by atoms with van der Waals surface area (Å²) in [5, 5.41) is 2.56. The van der Waals surface area contributed by atoms with Crippen LogP contribution in [0, 0.1) is 0 Å². The highest BCUT2D eigenvalue weighted by Gasteiger charge is 2.15. The minimum atomic E-state index is -0.767. The fourth-order valence-corrected chi connectivity index (χ4v) is 2.44. The summed E-state index contributed by atoms with van der Waals surface area (Å²) in [6, 6.07) is 18.3. The number of amides is 1. The topological polar surface area (TPSA) is 104 Å². The van der Waals surface area contributed by atoms with E-state index in [0.29, 0.717) is 22.8 Å². The third-order valence-electron chi connectivity index (χ3n) is 3.91. The number of carbonyl (C=O) groups excluding carboxylic acids is 3. The standard InChI is InChI=1S/C22H19NO7/c1-27-21(25)15-7-9-16(10-8-15)23-20(24)14-29-22(26)19-12-11-18(30-19)13-28-17-5-3-2-4-6-17/h2-12H,13-14H2,1H3,(H,23,24). The normalized spacial score (nSPS) is 10.2. The van der Waals surface area contributed by atoms with Crippen LogP contribution in [0.15, 0.2) is 71.1 Å². The predicted molar refractivity (Wildman–Crippen MR) is 106 cm³/mol. The first-order valence-corrected chi connectivity index (χ1v) is 8.97. The molecule has 0 radical (unpaired) electrons. The van der Waals surface area contributed by atoms with Gasteiger partial charge in [-0.05, 0) is 48.5 Å². The van der Waals surface area contributed by atoms with Crippen molar-refractivity contribution in [2.45, 2.75) is 6.61 Å². The molecule has 2 aromatic carbocycles. The first kappa shape index (κ1) is 20.7. The zero-order valence-electron chi connectivity index (χ0n) is 16.1. The summed E-state index contributed by atoms with van der Waals surface area (Å²) >= 11 is 0. The molecule has 1 aromatic heterocycles. The van der Waals surface area contributed by atoms with Crippen molar-refractivity contribution in [3.8, 4) is 5.75 Å². The van der Waals surface area contributed by atoms with Crippen molar-refractivity contribution in [3.63, 3.8) is 0 Å². The summed E-state index contributed by atoms with van der Waals surface area (Å²) < 4.78 is 20.5. The number of esters is 2. The molecule has 1 amide bonds. The Bertz CT molecular complexity index is 1010. The molecule has 0 atom stereocenters. The van der Waals surface area contributed by atoms with E-state index in [9.17, 15) is 14.4 Å². The van der Waals surface area contributed by atoms with Crippen LogP contribution < -0.4 is 10.1 Å². The van der Waals surface area contributed by atoms with Gasteiger partial charge in [-0.2, -0.15) is 0 Å². The van der Waals surface area contributed by atoms with Gasteiger partial charge in [0.25, 0.3) is 5.91 Å². The molecule has 0 saturated carbocycles. The minimum absolute atomic E-state index is 0.0307. The average molecular weight is 409 g/mol. The summed E-state index contributed by atoms with van der Waals surface area (Å²) in [5.41, 5.74) is 0.800. The van der Waals surface area contributed by atoms with Gasteiger partial charge in [0.2, 0.25) is 5.76 Å². The number of ether oxygens (including phenoxy) is 3. The van der Waals surface area contributed by atoms with Gasteiger partial charge in [-0.15, -0.1) is 0 Å². The van der Waals surface area contributed by atoms with Crippen molar-refractivity contribution in [2.75, 3.05) is 19.0 Å². The summed E-state index contributed by atoms with van der Waals surface area (Å²) in [5.74, 6) is -0.688. The van der Waals surface area contributed by atoms with Gasteiger partial charge in [-0.1, -0.05) is 18.2 Å². The molecule has 154 valence electrons. The van der Waals surface area contributed by atoms with Crippen LogP contribution in [-0.4, -0.2) is 31.6 Å². The zero-order valence-corrected chi connectivity index (χ0v) is 16.1. The van der Waals surface area contributed by atoms with Crippen LogP contribution in [0.4, 0.5) is 5.69 Å². The fourth-order valence-electron chi connectivity index (χ4n) is 2.44. The SMILES string of the molecule is COC(=O)c1ccc(NC(=O)COC(=O)c2ccc(COc3ccccc3)o2)cc1. The number of carbonyl (C=O) groups is 3. The Morgan fingerprint density at radius 2 is 1.63 bits per heavy atom. The molecule has 3 aromatic rings. The number of methoxy groups -OCH3 is 1. The molecule has 30 heavy (non-hydrogen) atoms. The Kier molecular flexibility index (Phi) is 6.83. The summed E-state index contributed by atoms with van der Waals surface area (Å²) in [6.07, 6.45) is 0. The van der Waals surface area contributed by atoms with Crippen molar-refractivity contribution in [1.29, 1.82) is 0 Å². The molecule has 1 heterocycles. The van der Waals surface area contributed by atoms with Gasteiger partial charge in [0.05, 0.1) is 12.7 Å². The molecule has 0 spiro atoms. The lowest BCUT2D eigenvalue weighted by molar-refractivity contribution is -0.119. The van der Waals surface area contributed by atoms with E-state index < -0.39 is 24.5 Å². The van der Waals surface area contributed by atoms with E-state index >= 15 is 0 Å². The molecule has 0 bridgehead atoms. The number of para-hydroxylation sites is 1. The first-order chi connectivity index (χ1) is 14.5. The van der Waals surface area contributed by atoms with E-state index in [2.05, 4.69) is 10.1 Å². The lowest BCUT2D eigenvalue weighted by atomic mass is 10.2. The maximum absolute atomic E-state index is 12.1. The van der Waals surface area contributed by atoms with Gasteiger partial charge in [-0.25, -0.2) is 9.59 Å². The van der Waals surface area contributed by atoms with Crippen LogP contribution in [0.25, 0.3) is 0 Å². The smallest absolute Gasteiger partial charge is 0.374 e. The van der Waals surface area contributed by atoms with E-state index in [0.717, 1.165) is 0 Å². The Morgan fingerprint density at radius 1 is 0.900 bits per heavy atom. The molecule has 8 heteroatoms. The highest BCUT2D eigenvalue weighted by Crippen LogP contribution is 2.15. The van der Waals surface area contributed by atoms with E-state index in [4.69, 9.17) is 13.9 Å². The van der Waals surface area contributed by atoms with Crippen LogP contribution in [0.2, 0.25) is 0 Å². The molecule has 0 aliphatic rings. The Hall–Kier alpha value is -4.07. The molecule has 8 nitrogen and oxygen atoms in total. The summed E-state index contributed by atoms with van der Waals surface area (Å²) in [7, 11) is 1.28. The molecule has 3 rings (SSSR count). The van der Waals surface area contributed by atoms with Crippen molar-refractivity contribution in [1.82, 2.24) is 0 Å². The van der Waals surface area contributed by atoms with Gasteiger partial charge >= 0.3 is 11.9 Å². The Balaban J connectivity index is 1.45. The van der Waals surface area contributed by atoms with Crippen molar-refractivity contribution in [2.24, 2.45) is 0 Å². The van der Waals surface area contributed by atoms with Crippen molar-refractivity contribution < 1.29 is 33.0 Å². The monoisotopic (exact) mass is 409 g/mol. The molecular weight excluding hydrogens is 390 g/mol. The maximum Gasteiger partial charge on any atom is 0.374 e. The minimum Gasteiger partial charge on any atom is -0.486 e. The molecular formula is C22H19NO7. The second-order valence-electron chi connectivity index (χ2n) is 6.06. The average Bonchev–Trinajstić information content (AvgIpc) is 3.26. The predicted octanol–water partition coefficient (Wildman–Crippen LogP) is 3.44. The van der Waals surface area contributed by atoms with E-state index in [1.807, 2.05) is 18.2 Å². The number of hydrogen-bond donors (Lipinski definition) is 1. The van der Waals surface area contributed by atoms with Gasteiger partial charge in [0, 0.05) is 5.69 Å². The van der Waals surface area contributed by atoms with Gasteiger partial charge < -0.3 is 23.9 Å². The highest BCUT2D eigenvalue weighted by atomic mass is 16.6. The number of benzene rings is 2. The Labute approximate surface area is 172 Å². The van der Waals surface area contributed by atoms with Crippen molar-refractivity contribution in [3.05, 3.63) is 83.8 Å². The number of anilines is 1. The van der Waals surface area contributed by atoms with Crippen LogP contribution in [-0.2, 0) is 20.9 Å². The van der Waals surface area contributed by atoms with Gasteiger partial charge in [0.15, 0.2) is 6.61 Å². The number of rotatable bonds is 8. The summed E-state index contributed by atoms with van der Waals surface area (Å²) in [4.78, 5) is 35.4.